The van der Waals surface area contributed by atoms with Crippen molar-refractivity contribution >= 4 is 28.5 Å². The number of nitrogens with zero attached hydrogens (tertiary/aromatic N) is 4. The van der Waals surface area contributed by atoms with E-state index in [0.29, 0.717) is 11.4 Å². The molecule has 2 aromatic heterocycles. The monoisotopic (exact) mass is 386 g/mol. The zero-order valence-corrected chi connectivity index (χ0v) is 16.0. The number of anilines is 1. The molecule has 1 fully saturated rings. The molecule has 0 radical (unpaired) electrons. The average molecular weight is 387 g/mol. The fourth-order valence-corrected chi connectivity index (χ4v) is 4.17. The fraction of sp³-hybridized carbons (Fsp3) is 0.400. The van der Waals surface area contributed by atoms with Crippen LogP contribution in [-0.2, 0) is 7.05 Å². The van der Waals surface area contributed by atoms with Gasteiger partial charge < -0.3 is 19.7 Å². The molecule has 142 valence electrons. The van der Waals surface area contributed by atoms with Gasteiger partial charge in [-0.3, -0.25) is 0 Å². The number of hydrogen-bond donors (Lipinski definition) is 2. The van der Waals surface area contributed by atoms with Crippen LogP contribution in [0.1, 0.15) is 6.42 Å². The number of halogens is 1. The maximum atomic E-state index is 9.66. The lowest BCUT2D eigenvalue weighted by Gasteiger charge is -2.18. The summed E-state index contributed by atoms with van der Waals surface area (Å²) >= 11 is 6.46. The molecule has 1 saturated heterocycles. The molecule has 6 nitrogen and oxygen atoms in total. The van der Waals surface area contributed by atoms with Gasteiger partial charge in [0.1, 0.15) is 11.6 Å². The summed E-state index contributed by atoms with van der Waals surface area (Å²) in [6.07, 6.45) is 2.35. The highest BCUT2D eigenvalue weighted by atomic mass is 35.5. The smallest absolute Gasteiger partial charge is 0.142 e. The quantitative estimate of drug-likeness (QED) is 0.705. The summed E-state index contributed by atoms with van der Waals surface area (Å²) in [6, 6.07) is 9.96. The van der Waals surface area contributed by atoms with E-state index in [1.54, 1.807) is 6.20 Å². The van der Waals surface area contributed by atoms with Crippen molar-refractivity contribution in [2.45, 2.75) is 6.42 Å². The molecule has 3 heterocycles. The number of rotatable bonds is 5. The Hall–Kier alpha value is -2.15. The van der Waals surface area contributed by atoms with E-state index < -0.39 is 0 Å². The molecular weight excluding hydrogens is 364 g/mol. The highest BCUT2D eigenvalue weighted by Gasteiger charge is 2.32. The molecule has 0 saturated carbocycles. The summed E-state index contributed by atoms with van der Waals surface area (Å²) in [4.78, 5) is 11.4. The number of aliphatic hydroxyl groups excluding tert-OH is 2. The van der Waals surface area contributed by atoms with Crippen LogP contribution in [0, 0.1) is 11.8 Å². The Bertz CT molecular complexity index is 958. The summed E-state index contributed by atoms with van der Waals surface area (Å²) < 4.78 is 2.04. The lowest BCUT2D eigenvalue weighted by atomic mass is 9.94. The van der Waals surface area contributed by atoms with E-state index in [4.69, 9.17) is 16.6 Å². The van der Waals surface area contributed by atoms with Crippen molar-refractivity contribution in [2.24, 2.45) is 18.9 Å². The van der Waals surface area contributed by atoms with Gasteiger partial charge in [-0.15, -0.1) is 0 Å². The van der Waals surface area contributed by atoms with E-state index >= 15 is 0 Å². The lowest BCUT2D eigenvalue weighted by molar-refractivity contribution is 0.179. The Morgan fingerprint density at radius 1 is 1.19 bits per heavy atom. The van der Waals surface area contributed by atoms with Crippen LogP contribution < -0.4 is 4.90 Å². The van der Waals surface area contributed by atoms with Gasteiger partial charge in [0.15, 0.2) is 0 Å². The van der Waals surface area contributed by atoms with Crippen LogP contribution in [0.4, 0.5) is 5.82 Å². The van der Waals surface area contributed by atoms with Gasteiger partial charge in [0.2, 0.25) is 0 Å². The Morgan fingerprint density at radius 3 is 2.70 bits per heavy atom. The molecule has 1 aliphatic heterocycles. The van der Waals surface area contributed by atoms with Crippen LogP contribution in [0.2, 0.25) is 5.02 Å². The molecule has 7 heteroatoms. The number of benzene rings is 1. The second-order valence-electron chi connectivity index (χ2n) is 7.13. The van der Waals surface area contributed by atoms with Crippen molar-refractivity contribution in [3.63, 3.8) is 0 Å². The van der Waals surface area contributed by atoms with Crippen LogP contribution in [0.5, 0.6) is 0 Å². The minimum atomic E-state index is 0.117. The van der Waals surface area contributed by atoms with E-state index in [-0.39, 0.29) is 25.0 Å². The van der Waals surface area contributed by atoms with Gasteiger partial charge in [0, 0.05) is 51.0 Å². The largest absolute Gasteiger partial charge is 0.396 e. The highest BCUT2D eigenvalue weighted by Crippen LogP contribution is 2.34. The topological polar surface area (TPSA) is 74.4 Å². The van der Waals surface area contributed by atoms with Gasteiger partial charge in [-0.2, -0.15) is 0 Å². The van der Waals surface area contributed by atoms with Gasteiger partial charge in [-0.05, 0) is 30.5 Å². The van der Waals surface area contributed by atoms with Gasteiger partial charge >= 0.3 is 0 Å². The van der Waals surface area contributed by atoms with Gasteiger partial charge in [0.25, 0.3) is 0 Å². The van der Waals surface area contributed by atoms with Crippen molar-refractivity contribution < 1.29 is 10.2 Å². The molecule has 2 atom stereocenters. The third-order valence-electron chi connectivity index (χ3n) is 5.50. The normalized spacial score (nSPS) is 19.9. The Kier molecular flexibility index (Phi) is 5.04. The highest BCUT2D eigenvalue weighted by molar-refractivity contribution is 6.33. The van der Waals surface area contributed by atoms with E-state index in [0.717, 1.165) is 41.3 Å². The second-order valence-corrected chi connectivity index (χ2v) is 7.53. The molecule has 3 aromatic rings. The zero-order valence-electron chi connectivity index (χ0n) is 15.2. The number of hydrogen-bond acceptors (Lipinski definition) is 5. The first-order valence-electron chi connectivity index (χ1n) is 9.16. The molecule has 1 aromatic carbocycles. The third kappa shape index (κ3) is 3.29. The number of aliphatic hydroxyl groups is 2. The Labute approximate surface area is 163 Å². The van der Waals surface area contributed by atoms with Crippen molar-refractivity contribution in [3.05, 3.63) is 41.6 Å². The SMILES string of the molecule is Cn1c(-c2cc(N3C[C@@H](CO)[C@@H](CCO)C3)ncc2Cl)nc2ccccc21. The summed E-state index contributed by atoms with van der Waals surface area (Å²) in [5, 5.41) is 19.5. The van der Waals surface area contributed by atoms with E-state index in [1.165, 1.54) is 0 Å². The lowest BCUT2D eigenvalue weighted by Crippen LogP contribution is -2.21. The number of imidazole rings is 1. The molecule has 0 spiro atoms. The zero-order chi connectivity index (χ0) is 19.0. The van der Waals surface area contributed by atoms with E-state index in [2.05, 4.69) is 9.88 Å². The van der Waals surface area contributed by atoms with Crippen molar-refractivity contribution in [3.8, 4) is 11.4 Å². The van der Waals surface area contributed by atoms with Crippen LogP contribution in [0.3, 0.4) is 0 Å². The molecule has 4 rings (SSSR count). The number of aromatic nitrogens is 3. The van der Waals surface area contributed by atoms with Crippen molar-refractivity contribution in [1.29, 1.82) is 0 Å². The minimum Gasteiger partial charge on any atom is -0.396 e. The molecule has 0 amide bonds. The average Bonchev–Trinajstić information content (AvgIpc) is 3.24. The first kappa shape index (κ1) is 18.2. The summed E-state index contributed by atoms with van der Waals surface area (Å²) in [5.41, 5.74) is 2.81. The van der Waals surface area contributed by atoms with Gasteiger partial charge in [0.05, 0.1) is 16.1 Å². The summed E-state index contributed by atoms with van der Waals surface area (Å²) in [7, 11) is 1.98. The molecule has 27 heavy (non-hydrogen) atoms. The number of aryl methyl sites for hydroxylation is 1. The molecule has 0 aliphatic carbocycles. The Morgan fingerprint density at radius 2 is 1.96 bits per heavy atom. The number of para-hydroxylation sites is 2. The van der Waals surface area contributed by atoms with Crippen molar-refractivity contribution in [1.82, 2.24) is 14.5 Å². The third-order valence-corrected chi connectivity index (χ3v) is 5.80. The molecule has 0 unspecified atom stereocenters. The minimum absolute atomic E-state index is 0.117. The van der Waals surface area contributed by atoms with Gasteiger partial charge in [-0.25, -0.2) is 9.97 Å². The summed E-state index contributed by atoms with van der Waals surface area (Å²) in [5.74, 6) is 2.03. The van der Waals surface area contributed by atoms with Crippen LogP contribution in [-0.4, -0.2) is 51.1 Å². The number of pyridine rings is 1. The Balaban J connectivity index is 1.71. The first-order chi connectivity index (χ1) is 13.1. The molecule has 1 aliphatic rings. The fourth-order valence-electron chi connectivity index (χ4n) is 3.98. The van der Waals surface area contributed by atoms with Crippen LogP contribution >= 0.6 is 11.6 Å². The van der Waals surface area contributed by atoms with E-state index in [9.17, 15) is 10.2 Å². The predicted octanol–water partition coefficient (Wildman–Crippen LogP) is 2.72. The maximum Gasteiger partial charge on any atom is 0.142 e. The number of fused-ring (bicyclic) bond motifs is 1. The molecule has 0 bridgehead atoms. The second kappa shape index (κ2) is 7.46. The van der Waals surface area contributed by atoms with E-state index in [1.807, 2.05) is 41.9 Å². The maximum absolute atomic E-state index is 9.66. The standard InChI is InChI=1S/C20H23ClN4O2/c1-24-18-5-3-2-4-17(18)23-20(24)15-8-19(22-9-16(15)21)25-10-13(6-7-26)14(11-25)12-27/h2-5,8-9,13-14,26-27H,6-7,10-12H2,1H3/t13-,14-/m0/s1. The van der Waals surface area contributed by atoms with Crippen LogP contribution in [0.15, 0.2) is 36.5 Å². The predicted molar refractivity (Wildman–Crippen MR) is 107 cm³/mol. The summed E-state index contributed by atoms with van der Waals surface area (Å²) in [6.45, 7) is 1.74. The first-order valence-corrected chi connectivity index (χ1v) is 9.54. The van der Waals surface area contributed by atoms with Gasteiger partial charge in [-0.1, -0.05) is 23.7 Å². The molecular formula is C20H23ClN4O2. The molecule has 2 N–H and O–H groups in total. The van der Waals surface area contributed by atoms with Crippen LogP contribution in [0.25, 0.3) is 22.4 Å². The van der Waals surface area contributed by atoms with Crippen molar-refractivity contribution in [2.75, 3.05) is 31.2 Å².